The zero-order valence-corrected chi connectivity index (χ0v) is 12.6. The van der Waals surface area contributed by atoms with Crippen LogP contribution in [0.4, 0.5) is 5.69 Å². The molecule has 2 rings (SSSR count). The van der Waals surface area contributed by atoms with Gasteiger partial charge in [-0.25, -0.2) is 0 Å². The van der Waals surface area contributed by atoms with Gasteiger partial charge in [-0.05, 0) is 43.2 Å². The van der Waals surface area contributed by atoms with E-state index in [4.69, 9.17) is 18.0 Å². The highest BCUT2D eigenvalue weighted by atomic mass is 32.1. The smallest absolute Gasteiger partial charge is 0.259 e. The molecule has 108 valence electrons. The highest BCUT2D eigenvalue weighted by Crippen LogP contribution is 2.23. The second-order valence-electron chi connectivity index (χ2n) is 4.84. The Balaban J connectivity index is 2.36. The second-order valence-corrected chi connectivity index (χ2v) is 5.28. The topological polar surface area (TPSA) is 75.4 Å². The van der Waals surface area contributed by atoms with Crippen LogP contribution >= 0.6 is 12.2 Å². The number of amides is 1. The number of aromatic hydroxyl groups is 1. The molecule has 0 atom stereocenters. The van der Waals surface area contributed by atoms with Crippen molar-refractivity contribution >= 4 is 28.8 Å². The molecule has 0 heterocycles. The zero-order valence-electron chi connectivity index (χ0n) is 11.8. The van der Waals surface area contributed by atoms with E-state index in [9.17, 15) is 9.90 Å². The monoisotopic (exact) mass is 300 g/mol. The maximum absolute atomic E-state index is 12.3. The van der Waals surface area contributed by atoms with Crippen LogP contribution in [0.3, 0.4) is 0 Å². The molecule has 4 nitrogen and oxygen atoms in total. The predicted molar refractivity (Wildman–Crippen MR) is 87.9 cm³/mol. The molecule has 0 fully saturated rings. The van der Waals surface area contributed by atoms with Crippen LogP contribution in [-0.2, 0) is 0 Å². The molecule has 0 unspecified atom stereocenters. The Kier molecular flexibility index (Phi) is 4.23. The van der Waals surface area contributed by atoms with Gasteiger partial charge in [0.05, 0.1) is 11.3 Å². The molecule has 2 aromatic rings. The molecule has 4 N–H and O–H groups in total. The lowest BCUT2D eigenvalue weighted by Crippen LogP contribution is -2.18. The quantitative estimate of drug-likeness (QED) is 0.762. The Labute approximate surface area is 128 Å². The third-order valence-electron chi connectivity index (χ3n) is 3.17. The number of hydrogen-bond acceptors (Lipinski definition) is 3. The summed E-state index contributed by atoms with van der Waals surface area (Å²) in [6, 6.07) is 10.3. The van der Waals surface area contributed by atoms with E-state index in [0.29, 0.717) is 11.3 Å². The Morgan fingerprint density at radius 1 is 1.24 bits per heavy atom. The standard InChI is InChI=1S/C16H16N2O2S/c1-9-6-7-11(13(19)8-9)16(20)18-12-5-3-4-10(2)14(12)15(17)21/h3-8,19H,1-2H3,(H2,17,21)(H,18,20). The van der Waals surface area contributed by atoms with Crippen LogP contribution < -0.4 is 11.1 Å². The van der Waals surface area contributed by atoms with E-state index in [1.54, 1.807) is 24.3 Å². The van der Waals surface area contributed by atoms with E-state index >= 15 is 0 Å². The molecule has 21 heavy (non-hydrogen) atoms. The Morgan fingerprint density at radius 3 is 2.57 bits per heavy atom. The number of rotatable bonds is 3. The highest BCUT2D eigenvalue weighted by molar-refractivity contribution is 7.80. The third kappa shape index (κ3) is 3.20. The lowest BCUT2D eigenvalue weighted by Gasteiger charge is -2.13. The van der Waals surface area contributed by atoms with Crippen molar-refractivity contribution in [2.75, 3.05) is 5.32 Å². The lowest BCUT2D eigenvalue weighted by molar-refractivity contribution is 0.102. The molecular weight excluding hydrogens is 284 g/mol. The average molecular weight is 300 g/mol. The number of carbonyl (C=O) groups is 1. The summed E-state index contributed by atoms with van der Waals surface area (Å²) in [6.45, 7) is 3.71. The van der Waals surface area contributed by atoms with Gasteiger partial charge in [0.25, 0.3) is 5.91 Å². The molecule has 0 aromatic heterocycles. The fourth-order valence-corrected chi connectivity index (χ4v) is 2.39. The second kappa shape index (κ2) is 5.93. The molecule has 2 aromatic carbocycles. The first-order valence-electron chi connectivity index (χ1n) is 6.40. The minimum atomic E-state index is -0.407. The molecule has 0 aliphatic heterocycles. The maximum Gasteiger partial charge on any atom is 0.259 e. The van der Waals surface area contributed by atoms with Crippen molar-refractivity contribution in [1.82, 2.24) is 0 Å². The summed E-state index contributed by atoms with van der Waals surface area (Å²) in [5.41, 5.74) is 8.84. The Hall–Kier alpha value is -2.40. The molecule has 0 saturated heterocycles. The third-order valence-corrected chi connectivity index (χ3v) is 3.37. The Bertz CT molecular complexity index is 726. The lowest BCUT2D eigenvalue weighted by atomic mass is 10.1. The summed E-state index contributed by atoms with van der Waals surface area (Å²) in [4.78, 5) is 12.5. The molecule has 0 radical (unpaired) electrons. The van der Waals surface area contributed by atoms with E-state index in [-0.39, 0.29) is 16.3 Å². The van der Waals surface area contributed by atoms with Crippen molar-refractivity contribution in [2.45, 2.75) is 13.8 Å². The number of carbonyl (C=O) groups excluding carboxylic acids is 1. The summed E-state index contributed by atoms with van der Waals surface area (Å²) >= 11 is 5.03. The van der Waals surface area contributed by atoms with Crippen LogP contribution in [0.5, 0.6) is 5.75 Å². The van der Waals surface area contributed by atoms with Crippen LogP contribution in [0.2, 0.25) is 0 Å². The fourth-order valence-electron chi connectivity index (χ4n) is 2.12. The number of thiocarbonyl (C=S) groups is 1. The number of phenols is 1. The van der Waals surface area contributed by atoms with Gasteiger partial charge in [0, 0.05) is 5.56 Å². The largest absolute Gasteiger partial charge is 0.507 e. The number of phenolic OH excluding ortho intramolecular Hbond substituents is 1. The molecule has 0 aliphatic rings. The Morgan fingerprint density at radius 2 is 1.95 bits per heavy atom. The van der Waals surface area contributed by atoms with Gasteiger partial charge in [-0.1, -0.05) is 30.4 Å². The van der Waals surface area contributed by atoms with Crippen LogP contribution in [-0.4, -0.2) is 16.0 Å². The summed E-state index contributed by atoms with van der Waals surface area (Å²) in [7, 11) is 0. The van der Waals surface area contributed by atoms with Gasteiger partial charge in [0.1, 0.15) is 10.7 Å². The number of anilines is 1. The molecular formula is C16H16N2O2S. The average Bonchev–Trinajstić information content (AvgIpc) is 2.37. The maximum atomic E-state index is 12.3. The van der Waals surface area contributed by atoms with Crippen molar-refractivity contribution < 1.29 is 9.90 Å². The van der Waals surface area contributed by atoms with Crippen LogP contribution in [0, 0.1) is 13.8 Å². The SMILES string of the molecule is Cc1ccc(C(=O)Nc2cccc(C)c2C(N)=S)c(O)c1. The van der Waals surface area contributed by atoms with Crippen molar-refractivity contribution in [3.8, 4) is 5.75 Å². The summed E-state index contributed by atoms with van der Waals surface area (Å²) in [5, 5.41) is 12.6. The minimum absolute atomic E-state index is 0.0583. The van der Waals surface area contributed by atoms with Gasteiger partial charge in [-0.3, -0.25) is 4.79 Å². The van der Waals surface area contributed by atoms with Crippen LogP contribution in [0.1, 0.15) is 27.0 Å². The number of nitrogens with one attached hydrogen (secondary N) is 1. The zero-order chi connectivity index (χ0) is 15.6. The van der Waals surface area contributed by atoms with E-state index in [1.165, 1.54) is 0 Å². The van der Waals surface area contributed by atoms with Crippen molar-refractivity contribution in [2.24, 2.45) is 5.73 Å². The van der Waals surface area contributed by atoms with E-state index in [1.807, 2.05) is 26.0 Å². The summed E-state index contributed by atoms with van der Waals surface area (Å²) in [6.07, 6.45) is 0. The van der Waals surface area contributed by atoms with Gasteiger partial charge in [-0.2, -0.15) is 0 Å². The predicted octanol–water partition coefficient (Wildman–Crippen LogP) is 2.90. The summed E-state index contributed by atoms with van der Waals surface area (Å²) < 4.78 is 0. The molecule has 0 saturated carbocycles. The van der Waals surface area contributed by atoms with Gasteiger partial charge < -0.3 is 16.2 Å². The molecule has 0 aliphatic carbocycles. The van der Waals surface area contributed by atoms with Gasteiger partial charge in [0.2, 0.25) is 0 Å². The molecule has 5 heteroatoms. The minimum Gasteiger partial charge on any atom is -0.507 e. The van der Waals surface area contributed by atoms with E-state index in [2.05, 4.69) is 5.32 Å². The number of nitrogens with two attached hydrogens (primary N) is 1. The van der Waals surface area contributed by atoms with Crippen LogP contribution in [0.25, 0.3) is 0 Å². The van der Waals surface area contributed by atoms with E-state index < -0.39 is 5.91 Å². The van der Waals surface area contributed by atoms with Gasteiger partial charge >= 0.3 is 0 Å². The van der Waals surface area contributed by atoms with Crippen molar-refractivity contribution in [3.63, 3.8) is 0 Å². The van der Waals surface area contributed by atoms with Gasteiger partial charge in [-0.15, -0.1) is 0 Å². The van der Waals surface area contributed by atoms with Crippen molar-refractivity contribution in [1.29, 1.82) is 0 Å². The van der Waals surface area contributed by atoms with Gasteiger partial charge in [0.15, 0.2) is 0 Å². The molecule has 0 bridgehead atoms. The first-order chi connectivity index (χ1) is 9.90. The number of benzene rings is 2. The van der Waals surface area contributed by atoms with Crippen molar-refractivity contribution in [3.05, 3.63) is 58.7 Å². The first kappa shape index (κ1) is 15.0. The first-order valence-corrected chi connectivity index (χ1v) is 6.81. The highest BCUT2D eigenvalue weighted by Gasteiger charge is 2.15. The summed E-state index contributed by atoms with van der Waals surface area (Å²) in [5.74, 6) is -0.465. The molecule has 0 spiro atoms. The fraction of sp³-hybridized carbons (Fsp3) is 0.125. The number of hydrogen-bond donors (Lipinski definition) is 3. The normalized spacial score (nSPS) is 10.2. The molecule has 1 amide bonds. The van der Waals surface area contributed by atoms with E-state index in [0.717, 1.165) is 11.1 Å². The van der Waals surface area contributed by atoms with Crippen LogP contribution in [0.15, 0.2) is 36.4 Å². The number of aryl methyl sites for hydroxylation is 2.